The van der Waals surface area contributed by atoms with E-state index in [1.807, 2.05) is 36.4 Å². The average molecular weight is 467 g/mol. The molecular weight excluding hydrogens is 436 g/mol. The van der Waals surface area contributed by atoms with Crippen LogP contribution in [0.25, 0.3) is 0 Å². The fraction of sp³-hybridized carbons (Fsp3) is 0.360. The summed E-state index contributed by atoms with van der Waals surface area (Å²) in [6.45, 7) is 8.69. The standard InChI is InChI=1S/C25H30N2O5Si/c1-18-15-27(24(29)26-23(18)28)21-16-30-22(32-21)17-31-33(25(2,3)4,19-11-7-5-8-12-19)20-13-9-6-10-14-20/h5-15,21-22H,16-17H2,1-4H3,(H,26,28,29)/t21-,22+/m0/s1. The molecule has 2 heterocycles. The Morgan fingerprint density at radius 3 is 2.15 bits per heavy atom. The predicted octanol–water partition coefficient (Wildman–Crippen LogP) is 2.29. The first kappa shape index (κ1) is 23.4. The Balaban J connectivity index is 1.62. The molecule has 0 radical (unpaired) electrons. The second-order valence-corrected chi connectivity index (χ2v) is 13.6. The van der Waals surface area contributed by atoms with Gasteiger partial charge in [0.2, 0.25) is 0 Å². The van der Waals surface area contributed by atoms with Crippen molar-refractivity contribution in [3.63, 3.8) is 0 Å². The highest BCUT2D eigenvalue weighted by molar-refractivity contribution is 6.99. The number of nitrogens with zero attached hydrogens (tertiary/aromatic N) is 1. The van der Waals surface area contributed by atoms with Crippen LogP contribution in [0.4, 0.5) is 0 Å². The fourth-order valence-corrected chi connectivity index (χ4v) is 8.97. The lowest BCUT2D eigenvalue weighted by Gasteiger charge is -2.43. The van der Waals surface area contributed by atoms with E-state index in [0.29, 0.717) is 5.56 Å². The van der Waals surface area contributed by atoms with Crippen molar-refractivity contribution in [3.05, 3.63) is 93.3 Å². The molecule has 0 aliphatic carbocycles. The van der Waals surface area contributed by atoms with Crippen LogP contribution in [-0.4, -0.2) is 37.4 Å². The van der Waals surface area contributed by atoms with E-state index in [1.54, 1.807) is 6.92 Å². The molecule has 1 fully saturated rings. The number of ether oxygens (including phenoxy) is 2. The van der Waals surface area contributed by atoms with E-state index in [-0.39, 0.29) is 18.3 Å². The van der Waals surface area contributed by atoms with Crippen LogP contribution in [0.15, 0.2) is 76.4 Å². The minimum Gasteiger partial charge on any atom is -0.402 e. The van der Waals surface area contributed by atoms with Gasteiger partial charge in [-0.15, -0.1) is 0 Å². The first-order chi connectivity index (χ1) is 15.7. The van der Waals surface area contributed by atoms with E-state index in [4.69, 9.17) is 13.9 Å². The second-order valence-electron chi connectivity index (χ2n) is 9.31. The summed E-state index contributed by atoms with van der Waals surface area (Å²) in [5, 5.41) is 2.18. The summed E-state index contributed by atoms with van der Waals surface area (Å²) in [6.07, 6.45) is 0.247. The highest BCUT2D eigenvalue weighted by atomic mass is 28.4. The van der Waals surface area contributed by atoms with Gasteiger partial charge in [-0.05, 0) is 22.3 Å². The van der Waals surface area contributed by atoms with Gasteiger partial charge in [-0.3, -0.25) is 14.3 Å². The van der Waals surface area contributed by atoms with Crippen LogP contribution in [-0.2, 0) is 13.9 Å². The maximum absolute atomic E-state index is 12.3. The number of hydrogen-bond donors (Lipinski definition) is 1. The normalized spacial score (nSPS) is 19.0. The molecule has 0 bridgehead atoms. The second kappa shape index (κ2) is 9.22. The fourth-order valence-electron chi connectivity index (χ4n) is 4.43. The van der Waals surface area contributed by atoms with Crippen LogP contribution in [0, 0.1) is 6.92 Å². The summed E-state index contributed by atoms with van der Waals surface area (Å²) in [5.41, 5.74) is -0.486. The molecule has 0 amide bonds. The van der Waals surface area contributed by atoms with Gasteiger partial charge in [0.05, 0.1) is 13.2 Å². The Kier molecular flexibility index (Phi) is 6.53. The number of nitrogens with one attached hydrogen (secondary N) is 1. The minimum atomic E-state index is -2.72. The first-order valence-corrected chi connectivity index (χ1v) is 13.0. The number of rotatable bonds is 6. The molecule has 4 rings (SSSR count). The van der Waals surface area contributed by atoms with Gasteiger partial charge in [-0.1, -0.05) is 81.4 Å². The number of benzene rings is 2. The molecule has 33 heavy (non-hydrogen) atoms. The molecule has 1 saturated heterocycles. The number of aryl methyl sites for hydroxylation is 1. The molecule has 174 valence electrons. The number of aromatic amines is 1. The van der Waals surface area contributed by atoms with Crippen LogP contribution in [0.5, 0.6) is 0 Å². The maximum atomic E-state index is 12.3. The zero-order chi connectivity index (χ0) is 23.6. The molecule has 0 unspecified atom stereocenters. The van der Waals surface area contributed by atoms with Crippen LogP contribution >= 0.6 is 0 Å². The summed E-state index contributed by atoms with van der Waals surface area (Å²) < 4.78 is 20.1. The Bertz CT molecular complexity index is 1160. The Morgan fingerprint density at radius 1 is 1.03 bits per heavy atom. The smallest absolute Gasteiger partial charge is 0.330 e. The van der Waals surface area contributed by atoms with Gasteiger partial charge < -0.3 is 13.9 Å². The van der Waals surface area contributed by atoms with Gasteiger partial charge in [0, 0.05) is 11.8 Å². The maximum Gasteiger partial charge on any atom is 0.330 e. The van der Waals surface area contributed by atoms with E-state index in [1.165, 1.54) is 21.1 Å². The van der Waals surface area contributed by atoms with Gasteiger partial charge in [0.25, 0.3) is 13.9 Å². The topological polar surface area (TPSA) is 82.6 Å². The molecule has 1 aromatic heterocycles. The van der Waals surface area contributed by atoms with Crippen LogP contribution < -0.4 is 21.6 Å². The Labute approximate surface area is 194 Å². The molecular formula is C25H30N2O5Si. The molecule has 0 saturated carbocycles. The van der Waals surface area contributed by atoms with Crippen LogP contribution in [0.3, 0.4) is 0 Å². The molecule has 1 aliphatic rings. The van der Waals surface area contributed by atoms with Crippen LogP contribution in [0.2, 0.25) is 5.04 Å². The van der Waals surface area contributed by atoms with Gasteiger partial charge in [-0.25, -0.2) is 4.79 Å². The van der Waals surface area contributed by atoms with Crippen molar-refractivity contribution in [2.45, 2.75) is 45.3 Å². The summed E-state index contributed by atoms with van der Waals surface area (Å²) in [4.78, 5) is 26.3. The quantitative estimate of drug-likeness (QED) is 0.564. The lowest BCUT2D eigenvalue weighted by molar-refractivity contribution is -0.0956. The third-order valence-electron chi connectivity index (χ3n) is 6.04. The molecule has 2 aromatic carbocycles. The third-order valence-corrected chi connectivity index (χ3v) is 11.0. The third kappa shape index (κ3) is 4.52. The lowest BCUT2D eigenvalue weighted by Crippen LogP contribution is -2.67. The minimum absolute atomic E-state index is 0.166. The van der Waals surface area contributed by atoms with E-state index in [9.17, 15) is 9.59 Å². The highest BCUT2D eigenvalue weighted by Gasteiger charge is 2.50. The summed E-state index contributed by atoms with van der Waals surface area (Å²) >= 11 is 0. The van der Waals surface area contributed by atoms with E-state index in [0.717, 1.165) is 0 Å². The van der Waals surface area contributed by atoms with Crippen LogP contribution in [0.1, 0.15) is 32.6 Å². The predicted molar refractivity (Wildman–Crippen MR) is 129 cm³/mol. The SMILES string of the molecule is Cc1cn([C@@H]2CO[C@@H](CO[Si](c3ccccc3)(c3ccccc3)C(C)(C)C)O2)c(=O)[nH]c1=O. The van der Waals surface area contributed by atoms with E-state index < -0.39 is 32.1 Å². The average Bonchev–Trinajstić information content (AvgIpc) is 3.26. The summed E-state index contributed by atoms with van der Waals surface area (Å²) in [6, 6.07) is 20.7. The van der Waals surface area contributed by atoms with Crippen molar-refractivity contribution >= 4 is 18.7 Å². The number of aromatic nitrogens is 2. The van der Waals surface area contributed by atoms with Crippen molar-refractivity contribution < 1.29 is 13.9 Å². The zero-order valence-corrected chi connectivity index (χ0v) is 20.4. The van der Waals surface area contributed by atoms with Gasteiger partial charge in [0.15, 0.2) is 12.5 Å². The molecule has 0 spiro atoms. The molecule has 1 N–H and O–H groups in total. The van der Waals surface area contributed by atoms with Crippen molar-refractivity contribution in [3.8, 4) is 0 Å². The Morgan fingerprint density at radius 2 is 1.61 bits per heavy atom. The molecule has 8 heteroatoms. The van der Waals surface area contributed by atoms with Crippen molar-refractivity contribution in [1.29, 1.82) is 0 Å². The first-order valence-electron chi connectivity index (χ1n) is 11.1. The van der Waals surface area contributed by atoms with Crippen molar-refractivity contribution in [2.75, 3.05) is 13.2 Å². The molecule has 3 aromatic rings. The van der Waals surface area contributed by atoms with Crippen molar-refractivity contribution in [1.82, 2.24) is 9.55 Å². The number of H-pyrrole nitrogens is 1. The highest BCUT2D eigenvalue weighted by Crippen LogP contribution is 2.37. The number of hydrogen-bond acceptors (Lipinski definition) is 5. The Hall–Kier alpha value is -2.78. The van der Waals surface area contributed by atoms with Gasteiger partial charge in [-0.2, -0.15) is 0 Å². The molecule has 2 atom stereocenters. The molecule has 7 nitrogen and oxygen atoms in total. The summed E-state index contributed by atoms with van der Waals surface area (Å²) in [5.74, 6) is 0. The van der Waals surface area contributed by atoms with E-state index in [2.05, 4.69) is 50.0 Å². The van der Waals surface area contributed by atoms with Gasteiger partial charge in [0.1, 0.15) is 0 Å². The van der Waals surface area contributed by atoms with Crippen molar-refractivity contribution in [2.24, 2.45) is 0 Å². The zero-order valence-electron chi connectivity index (χ0n) is 19.4. The monoisotopic (exact) mass is 466 g/mol. The summed E-state index contributed by atoms with van der Waals surface area (Å²) in [7, 11) is -2.72. The largest absolute Gasteiger partial charge is 0.402 e. The lowest BCUT2D eigenvalue weighted by atomic mass is 10.2. The van der Waals surface area contributed by atoms with Gasteiger partial charge >= 0.3 is 5.69 Å². The van der Waals surface area contributed by atoms with E-state index >= 15 is 0 Å². The molecule has 1 aliphatic heterocycles.